The average Bonchev–Trinajstić information content (AvgIpc) is 3.63. The van der Waals surface area contributed by atoms with Crippen LogP contribution in [0.2, 0.25) is 10.0 Å². The molecule has 1 aliphatic carbocycles. The molecule has 12 heteroatoms. The maximum atomic E-state index is 13.2. The van der Waals surface area contributed by atoms with Crippen LogP contribution in [0.15, 0.2) is 114 Å². The Hall–Kier alpha value is -4.09. The van der Waals surface area contributed by atoms with Crippen LogP contribution < -0.4 is 9.03 Å². The predicted octanol–water partition coefficient (Wildman–Crippen LogP) is 8.80. The minimum Gasteiger partial charge on any atom is -0.493 e. The van der Waals surface area contributed by atoms with Gasteiger partial charge in [-0.2, -0.15) is 8.42 Å². The number of hydrogen-bond donors (Lipinski definition) is 2. The highest BCUT2D eigenvalue weighted by atomic mass is 35.5. The monoisotopic (exact) mass is 732 g/mol. The molecule has 1 aliphatic heterocycles. The molecule has 5 aromatic rings. The van der Waals surface area contributed by atoms with Gasteiger partial charge in [0.2, 0.25) is 5.88 Å². The van der Waals surface area contributed by atoms with Gasteiger partial charge in [-0.05, 0) is 84.0 Å². The SMILES string of the molecule is O=S(CC1CCCCC1)c1cccc(-c2ccc(Cc3nc(-c4ccc(Cl)cc4Cl)cn3-c3cccc(N4C=C(O)NS4(=O)=O)c3)cc2)c1. The number of hydrogen-bond acceptors (Lipinski definition) is 5. The highest BCUT2D eigenvalue weighted by Crippen LogP contribution is 2.33. The number of halogens is 2. The summed E-state index contributed by atoms with van der Waals surface area (Å²) in [7, 11) is -4.99. The number of aromatic nitrogens is 2. The maximum absolute atomic E-state index is 13.2. The second kappa shape index (κ2) is 14.0. The number of anilines is 1. The van der Waals surface area contributed by atoms with Crippen molar-refractivity contribution in [2.75, 3.05) is 10.1 Å². The first-order chi connectivity index (χ1) is 23.6. The van der Waals surface area contributed by atoms with E-state index >= 15 is 0 Å². The van der Waals surface area contributed by atoms with Crippen molar-refractivity contribution in [3.63, 3.8) is 0 Å². The lowest BCUT2D eigenvalue weighted by atomic mass is 9.91. The van der Waals surface area contributed by atoms with Gasteiger partial charge >= 0.3 is 10.2 Å². The third-order valence-corrected chi connectivity index (χ3v) is 12.3. The summed E-state index contributed by atoms with van der Waals surface area (Å²) in [5.74, 6) is 1.51. The van der Waals surface area contributed by atoms with E-state index in [-0.39, 0.29) is 0 Å². The van der Waals surface area contributed by atoms with E-state index in [4.69, 9.17) is 28.2 Å². The number of nitrogens with one attached hydrogen (secondary N) is 1. The van der Waals surface area contributed by atoms with Gasteiger partial charge in [-0.15, -0.1) is 0 Å². The first-order valence-corrected chi connectivity index (χ1v) is 19.6. The third kappa shape index (κ3) is 7.43. The fourth-order valence-electron chi connectivity index (χ4n) is 6.45. The smallest absolute Gasteiger partial charge is 0.330 e. The summed E-state index contributed by atoms with van der Waals surface area (Å²) >= 11 is 12.8. The van der Waals surface area contributed by atoms with E-state index < -0.39 is 26.9 Å². The molecule has 4 aromatic carbocycles. The predicted molar refractivity (Wildman–Crippen MR) is 197 cm³/mol. The zero-order chi connectivity index (χ0) is 34.1. The molecule has 252 valence electrons. The van der Waals surface area contributed by atoms with Gasteiger partial charge in [0.05, 0.1) is 33.4 Å². The van der Waals surface area contributed by atoms with E-state index in [1.807, 2.05) is 47.2 Å². The Labute approximate surface area is 298 Å². The third-order valence-electron chi connectivity index (χ3n) is 8.94. The summed E-state index contributed by atoms with van der Waals surface area (Å²) in [6, 6.07) is 28.5. The maximum Gasteiger partial charge on any atom is 0.330 e. The fourth-order valence-corrected chi connectivity index (χ4v) is 9.45. The van der Waals surface area contributed by atoms with E-state index in [9.17, 15) is 17.7 Å². The molecule has 49 heavy (non-hydrogen) atoms. The van der Waals surface area contributed by atoms with E-state index in [1.165, 1.54) is 32.1 Å². The van der Waals surface area contributed by atoms with Crippen molar-refractivity contribution in [1.29, 1.82) is 0 Å². The molecule has 1 fully saturated rings. The van der Waals surface area contributed by atoms with Crippen molar-refractivity contribution in [1.82, 2.24) is 14.3 Å². The largest absolute Gasteiger partial charge is 0.493 e. The van der Waals surface area contributed by atoms with E-state index in [1.54, 1.807) is 30.3 Å². The van der Waals surface area contributed by atoms with Gasteiger partial charge in [-0.3, -0.25) is 4.21 Å². The van der Waals surface area contributed by atoms with Crippen LogP contribution in [-0.2, 0) is 27.4 Å². The molecule has 1 saturated carbocycles. The molecule has 0 radical (unpaired) electrons. The lowest BCUT2D eigenvalue weighted by Crippen LogP contribution is -2.29. The highest BCUT2D eigenvalue weighted by molar-refractivity contribution is 7.91. The van der Waals surface area contributed by atoms with Crippen molar-refractivity contribution in [3.05, 3.63) is 131 Å². The van der Waals surface area contributed by atoms with Crippen LogP contribution in [0.3, 0.4) is 0 Å². The van der Waals surface area contributed by atoms with Crippen molar-refractivity contribution in [2.45, 2.75) is 43.4 Å². The van der Waals surface area contributed by atoms with Gasteiger partial charge in [-0.1, -0.05) is 84.9 Å². The standard InChI is InChI=1S/C37H34Cl2N4O4S2/c38-29-16-17-33(34(39)20-29)35-22-42(30-9-5-10-31(21-30)43-23-37(44)41-49(43,46)47)36(40-35)18-25-12-14-27(15-13-25)28-8-4-11-32(19-28)48(45)24-26-6-2-1-3-7-26/h4-5,8-17,19-23,26,41,44H,1-3,6-7,18,24H2. The van der Waals surface area contributed by atoms with E-state index in [2.05, 4.69) is 29.0 Å². The fraction of sp³-hybridized carbons (Fsp3) is 0.216. The summed E-state index contributed by atoms with van der Waals surface area (Å²) < 4.78 is 43.4. The molecule has 7 rings (SSSR count). The van der Waals surface area contributed by atoms with Gasteiger partial charge in [0.1, 0.15) is 5.82 Å². The van der Waals surface area contributed by atoms with Crippen molar-refractivity contribution in [3.8, 4) is 28.1 Å². The molecule has 1 unspecified atom stereocenters. The second-order valence-corrected chi connectivity index (χ2v) is 16.3. The lowest BCUT2D eigenvalue weighted by molar-refractivity contribution is 0.388. The highest BCUT2D eigenvalue weighted by Gasteiger charge is 2.29. The number of aliphatic hydroxyl groups excluding tert-OH is 1. The van der Waals surface area contributed by atoms with Gasteiger partial charge in [0, 0.05) is 39.5 Å². The molecule has 2 aliphatic rings. The Balaban J connectivity index is 1.18. The lowest BCUT2D eigenvalue weighted by Gasteiger charge is -2.21. The molecular formula is C37H34Cl2N4O4S2. The Morgan fingerprint density at radius 2 is 1.63 bits per heavy atom. The van der Waals surface area contributed by atoms with E-state index in [0.717, 1.165) is 37.8 Å². The number of aliphatic hydroxyl groups is 1. The Morgan fingerprint density at radius 1 is 0.878 bits per heavy atom. The number of benzene rings is 4. The molecule has 2 N–H and O–H groups in total. The molecular weight excluding hydrogens is 699 g/mol. The molecule has 0 spiro atoms. The van der Waals surface area contributed by atoms with Crippen LogP contribution in [0.25, 0.3) is 28.1 Å². The van der Waals surface area contributed by atoms with Crippen molar-refractivity contribution >= 4 is 49.9 Å². The van der Waals surface area contributed by atoms with Crippen LogP contribution in [0.4, 0.5) is 5.69 Å². The summed E-state index contributed by atoms with van der Waals surface area (Å²) in [4.78, 5) is 5.84. The summed E-state index contributed by atoms with van der Waals surface area (Å²) in [6.07, 6.45) is 9.55. The normalized spacial score (nSPS) is 16.7. The van der Waals surface area contributed by atoms with Gasteiger partial charge < -0.3 is 9.67 Å². The number of nitrogens with zero attached hydrogens (tertiary/aromatic N) is 3. The summed E-state index contributed by atoms with van der Waals surface area (Å²) in [6.45, 7) is 0. The molecule has 1 atom stereocenters. The molecule has 8 nitrogen and oxygen atoms in total. The summed E-state index contributed by atoms with van der Waals surface area (Å²) in [5, 5.41) is 10.8. The Kier molecular flexibility index (Phi) is 9.57. The second-order valence-electron chi connectivity index (χ2n) is 12.4. The number of rotatable bonds is 9. The van der Waals surface area contributed by atoms with E-state index in [0.29, 0.717) is 50.8 Å². The topological polar surface area (TPSA) is 105 Å². The molecule has 0 bridgehead atoms. The van der Waals surface area contributed by atoms with Crippen LogP contribution in [0.5, 0.6) is 0 Å². The van der Waals surface area contributed by atoms with Crippen LogP contribution in [-0.4, -0.2) is 33.0 Å². The molecule has 0 saturated heterocycles. The van der Waals surface area contributed by atoms with Crippen LogP contribution in [0, 0.1) is 5.92 Å². The Morgan fingerprint density at radius 3 is 2.37 bits per heavy atom. The minimum absolute atomic E-state index is 0.339. The molecule has 1 aromatic heterocycles. The van der Waals surface area contributed by atoms with Crippen molar-refractivity contribution < 1.29 is 17.7 Å². The molecule has 0 amide bonds. The molecule has 2 heterocycles. The average molecular weight is 734 g/mol. The zero-order valence-electron chi connectivity index (χ0n) is 26.4. The van der Waals surface area contributed by atoms with Crippen molar-refractivity contribution in [2.24, 2.45) is 5.92 Å². The quantitative estimate of drug-likeness (QED) is 0.158. The first kappa shape index (κ1) is 33.4. The summed E-state index contributed by atoms with van der Waals surface area (Å²) in [5.41, 5.74) is 5.40. The van der Waals surface area contributed by atoms with Crippen LogP contribution in [0.1, 0.15) is 43.5 Å². The van der Waals surface area contributed by atoms with Gasteiger partial charge in [-0.25, -0.2) is 14.0 Å². The Bertz CT molecular complexity index is 2180. The van der Waals surface area contributed by atoms with Gasteiger partial charge in [0.25, 0.3) is 0 Å². The van der Waals surface area contributed by atoms with Gasteiger partial charge in [0.15, 0.2) is 0 Å². The first-order valence-electron chi connectivity index (χ1n) is 16.1. The van der Waals surface area contributed by atoms with Crippen LogP contribution >= 0.6 is 23.2 Å². The minimum atomic E-state index is -3.97. The zero-order valence-corrected chi connectivity index (χ0v) is 29.6. The number of imidazole rings is 1.